The highest BCUT2D eigenvalue weighted by molar-refractivity contribution is 7.10. The van der Waals surface area contributed by atoms with Gasteiger partial charge in [0, 0.05) is 13.2 Å². The molecule has 0 N–H and O–H groups in total. The van der Waals surface area contributed by atoms with E-state index in [0.29, 0.717) is 13.2 Å². The van der Waals surface area contributed by atoms with Crippen LogP contribution in [-0.4, -0.2) is 21.3 Å². The van der Waals surface area contributed by atoms with E-state index in [-0.39, 0.29) is 0 Å². The van der Waals surface area contributed by atoms with Gasteiger partial charge in [0.05, 0.1) is 5.38 Å². The Bertz CT molecular complexity index is 753. The summed E-state index contributed by atoms with van der Waals surface area (Å²) in [5.41, 5.74) is 0. The highest BCUT2D eigenvalue weighted by atomic mass is 28.3. The Morgan fingerprint density at radius 2 is 1.27 bits per heavy atom. The van der Waals surface area contributed by atoms with Gasteiger partial charge in [-0.25, -0.2) is 0 Å². The minimum Gasteiger partial charge on any atom is -0.465 e. The van der Waals surface area contributed by atoms with E-state index in [2.05, 4.69) is 73.3 Å². The van der Waals surface area contributed by atoms with E-state index in [1.54, 1.807) is 0 Å². The molecule has 0 radical (unpaired) electrons. The quantitative estimate of drug-likeness (QED) is 0.452. The lowest BCUT2D eigenvalue weighted by molar-refractivity contribution is -0.150. The van der Waals surface area contributed by atoms with Gasteiger partial charge in [-0.15, -0.1) is 0 Å². The van der Waals surface area contributed by atoms with Crippen molar-refractivity contribution < 1.29 is 13.9 Å². The molecule has 0 unspecified atom stereocenters. The van der Waals surface area contributed by atoms with Gasteiger partial charge in [-0.1, -0.05) is 67.2 Å². The standard InChI is InChI=1S/C22H26O3Si/c1-4-23-22(24-5-2)20-16-17-21(25-20)26(3,18-12-8-6-9-13-18)19-14-10-7-11-15-19/h6-17,22H,4-5H2,1-3H3. The smallest absolute Gasteiger partial charge is 0.217 e. The minimum absolute atomic E-state index is 0.455. The van der Waals surface area contributed by atoms with Crippen molar-refractivity contribution in [3.63, 3.8) is 0 Å². The third kappa shape index (κ3) is 3.68. The van der Waals surface area contributed by atoms with E-state index >= 15 is 0 Å². The topological polar surface area (TPSA) is 31.6 Å². The van der Waals surface area contributed by atoms with Gasteiger partial charge in [-0.2, -0.15) is 0 Å². The molecule has 0 spiro atoms. The summed E-state index contributed by atoms with van der Waals surface area (Å²) in [7, 11) is -2.23. The zero-order chi connectivity index (χ0) is 18.4. The zero-order valence-electron chi connectivity index (χ0n) is 15.6. The summed E-state index contributed by atoms with van der Waals surface area (Å²) in [4.78, 5) is 0. The molecule has 0 atom stereocenters. The summed E-state index contributed by atoms with van der Waals surface area (Å²) in [6.45, 7) is 7.40. The fraction of sp³-hybridized carbons (Fsp3) is 0.273. The van der Waals surface area contributed by atoms with E-state index in [1.807, 2.05) is 19.9 Å². The number of benzene rings is 2. The van der Waals surface area contributed by atoms with Gasteiger partial charge in [0.2, 0.25) is 6.29 Å². The number of hydrogen-bond acceptors (Lipinski definition) is 3. The normalized spacial score (nSPS) is 11.8. The maximum absolute atomic E-state index is 6.34. The molecular weight excluding hydrogens is 340 g/mol. The van der Waals surface area contributed by atoms with Crippen LogP contribution in [0.5, 0.6) is 0 Å². The van der Waals surface area contributed by atoms with Crippen molar-refractivity contribution in [3.05, 3.63) is 78.6 Å². The second-order valence-electron chi connectivity index (χ2n) is 6.30. The molecule has 0 bridgehead atoms. The first-order valence-electron chi connectivity index (χ1n) is 9.14. The Balaban J connectivity index is 2.07. The fourth-order valence-electron chi connectivity index (χ4n) is 3.26. The van der Waals surface area contributed by atoms with Gasteiger partial charge >= 0.3 is 0 Å². The lowest BCUT2D eigenvalue weighted by Gasteiger charge is -2.26. The molecule has 0 amide bonds. The SMILES string of the molecule is CCOC(OCC)c1ccc([Si](C)(c2ccccc2)c2ccccc2)o1. The predicted octanol–water partition coefficient (Wildman–Crippen LogP) is 3.45. The molecule has 0 aliphatic carbocycles. The first-order chi connectivity index (χ1) is 12.7. The van der Waals surface area contributed by atoms with E-state index < -0.39 is 14.4 Å². The Hall–Kier alpha value is -2.14. The van der Waals surface area contributed by atoms with Crippen LogP contribution >= 0.6 is 0 Å². The lowest BCUT2D eigenvalue weighted by Crippen LogP contribution is -2.64. The molecule has 3 rings (SSSR count). The molecule has 0 fully saturated rings. The average Bonchev–Trinajstić information content (AvgIpc) is 3.19. The van der Waals surface area contributed by atoms with Crippen LogP contribution in [0, 0.1) is 0 Å². The van der Waals surface area contributed by atoms with Crippen molar-refractivity contribution in [2.24, 2.45) is 0 Å². The zero-order valence-corrected chi connectivity index (χ0v) is 16.6. The van der Waals surface area contributed by atoms with Crippen LogP contribution in [0.15, 0.2) is 77.2 Å². The first-order valence-corrected chi connectivity index (χ1v) is 11.6. The van der Waals surface area contributed by atoms with Crippen molar-refractivity contribution in [1.29, 1.82) is 0 Å². The molecule has 3 aromatic rings. The number of rotatable bonds is 8. The Kier molecular flexibility index (Phi) is 6.09. The van der Waals surface area contributed by atoms with Gasteiger partial charge < -0.3 is 13.9 Å². The van der Waals surface area contributed by atoms with Crippen molar-refractivity contribution >= 4 is 23.8 Å². The van der Waals surface area contributed by atoms with Crippen molar-refractivity contribution in [3.8, 4) is 0 Å². The third-order valence-corrected chi connectivity index (χ3v) is 8.92. The summed E-state index contributed by atoms with van der Waals surface area (Å²) in [5, 5.41) is 3.64. The molecule has 0 saturated heterocycles. The first kappa shape index (κ1) is 18.6. The number of hydrogen-bond donors (Lipinski definition) is 0. The molecule has 1 aromatic heterocycles. The Morgan fingerprint density at radius 3 is 1.73 bits per heavy atom. The molecule has 1 heterocycles. The molecule has 3 nitrogen and oxygen atoms in total. The average molecular weight is 367 g/mol. The minimum atomic E-state index is -2.23. The van der Waals surface area contributed by atoms with Crippen molar-refractivity contribution in [2.45, 2.75) is 26.7 Å². The summed E-state index contributed by atoms with van der Waals surface area (Å²) < 4.78 is 17.7. The summed E-state index contributed by atoms with van der Waals surface area (Å²) >= 11 is 0. The largest absolute Gasteiger partial charge is 0.465 e. The number of ether oxygens (including phenoxy) is 2. The predicted molar refractivity (Wildman–Crippen MR) is 108 cm³/mol. The van der Waals surface area contributed by atoms with Crippen LogP contribution in [0.4, 0.5) is 0 Å². The molecule has 2 aromatic carbocycles. The van der Waals surface area contributed by atoms with Gasteiger partial charge in [0.15, 0.2) is 13.8 Å². The second kappa shape index (κ2) is 8.49. The maximum atomic E-state index is 6.34. The van der Waals surface area contributed by atoms with Gasteiger partial charge in [0.1, 0.15) is 0 Å². The summed E-state index contributed by atoms with van der Waals surface area (Å²) in [6.07, 6.45) is -0.455. The molecule has 136 valence electrons. The highest BCUT2D eigenvalue weighted by Crippen LogP contribution is 2.20. The molecule has 0 saturated carbocycles. The van der Waals surface area contributed by atoms with E-state index in [9.17, 15) is 0 Å². The number of furan rings is 1. The summed E-state index contributed by atoms with van der Waals surface area (Å²) in [6, 6.07) is 25.4. The van der Waals surface area contributed by atoms with Gasteiger partial charge in [-0.3, -0.25) is 0 Å². The highest BCUT2D eigenvalue weighted by Gasteiger charge is 2.38. The monoisotopic (exact) mass is 366 g/mol. The Labute approximate surface area is 156 Å². The second-order valence-corrected chi connectivity index (χ2v) is 10.2. The van der Waals surface area contributed by atoms with Crippen LogP contribution in [0.2, 0.25) is 6.55 Å². The maximum Gasteiger partial charge on any atom is 0.217 e. The van der Waals surface area contributed by atoms with Crippen LogP contribution in [0.25, 0.3) is 0 Å². The molecule has 4 heteroatoms. The van der Waals surface area contributed by atoms with Crippen LogP contribution in [-0.2, 0) is 9.47 Å². The summed E-state index contributed by atoms with van der Waals surface area (Å²) in [5.74, 6) is 0.731. The molecule has 26 heavy (non-hydrogen) atoms. The van der Waals surface area contributed by atoms with E-state index in [4.69, 9.17) is 13.9 Å². The van der Waals surface area contributed by atoms with Crippen molar-refractivity contribution in [2.75, 3.05) is 13.2 Å². The van der Waals surface area contributed by atoms with E-state index in [1.165, 1.54) is 10.4 Å². The van der Waals surface area contributed by atoms with Crippen molar-refractivity contribution in [1.82, 2.24) is 0 Å². The van der Waals surface area contributed by atoms with Crippen LogP contribution in [0.1, 0.15) is 25.9 Å². The van der Waals surface area contributed by atoms with Gasteiger partial charge in [0.25, 0.3) is 0 Å². The molecule has 0 aliphatic heterocycles. The van der Waals surface area contributed by atoms with E-state index in [0.717, 1.165) is 11.1 Å². The lowest BCUT2D eigenvalue weighted by atomic mass is 10.4. The third-order valence-electron chi connectivity index (χ3n) is 4.69. The Morgan fingerprint density at radius 1 is 0.769 bits per heavy atom. The van der Waals surface area contributed by atoms with Crippen LogP contribution in [0.3, 0.4) is 0 Å². The molecule has 0 aliphatic rings. The molecular formula is C22H26O3Si. The van der Waals surface area contributed by atoms with Gasteiger partial charge in [-0.05, 0) is 36.4 Å². The van der Waals surface area contributed by atoms with Crippen LogP contribution < -0.4 is 15.8 Å². The fourth-order valence-corrected chi connectivity index (χ4v) is 6.62.